The zero-order valence-electron chi connectivity index (χ0n) is 16.8. The Morgan fingerprint density at radius 1 is 1.14 bits per heavy atom. The molecule has 0 amide bonds. The van der Waals surface area contributed by atoms with E-state index in [2.05, 4.69) is 19.2 Å². The van der Waals surface area contributed by atoms with E-state index in [9.17, 15) is 4.79 Å². The van der Waals surface area contributed by atoms with Gasteiger partial charge in [0.05, 0.1) is 24.4 Å². The zero-order chi connectivity index (χ0) is 20.6. The standard InChI is InChI=1S/C23H27N3O3/c1-17(2)16-29-21-10-8-18(9-11-21)23-19(14-24-13-12-22(27)28)15-26(25-23)20-6-4-3-5-7-20/h3-11,15,17,24H,12-14,16H2,1-2H3,(H,27,28). The number of nitrogens with one attached hydrogen (secondary N) is 1. The average molecular weight is 393 g/mol. The van der Waals surface area contributed by atoms with Gasteiger partial charge in [0.25, 0.3) is 0 Å². The van der Waals surface area contributed by atoms with Crippen molar-refractivity contribution in [3.63, 3.8) is 0 Å². The highest BCUT2D eigenvalue weighted by Gasteiger charge is 2.13. The Hall–Kier alpha value is -3.12. The number of carboxylic acid groups (broad SMARTS) is 1. The molecule has 0 atom stereocenters. The Labute approximate surface area is 171 Å². The molecule has 0 radical (unpaired) electrons. The van der Waals surface area contributed by atoms with E-state index in [0.29, 0.717) is 25.6 Å². The molecule has 6 heteroatoms. The van der Waals surface area contributed by atoms with Crippen LogP contribution in [0, 0.1) is 5.92 Å². The molecule has 3 aromatic rings. The van der Waals surface area contributed by atoms with Crippen molar-refractivity contribution >= 4 is 5.97 Å². The zero-order valence-corrected chi connectivity index (χ0v) is 16.8. The van der Waals surface area contributed by atoms with Gasteiger partial charge in [-0.2, -0.15) is 5.10 Å². The maximum Gasteiger partial charge on any atom is 0.304 e. The lowest BCUT2D eigenvalue weighted by atomic mass is 10.1. The van der Waals surface area contributed by atoms with Crippen LogP contribution < -0.4 is 10.1 Å². The first-order chi connectivity index (χ1) is 14.0. The van der Waals surface area contributed by atoms with Crippen molar-refractivity contribution in [2.24, 2.45) is 5.92 Å². The predicted octanol–water partition coefficient (Wildman–Crippen LogP) is 4.14. The van der Waals surface area contributed by atoms with Gasteiger partial charge in [-0.25, -0.2) is 4.68 Å². The lowest BCUT2D eigenvalue weighted by molar-refractivity contribution is -0.136. The summed E-state index contributed by atoms with van der Waals surface area (Å²) in [5.74, 6) is 0.500. The lowest BCUT2D eigenvalue weighted by Gasteiger charge is -2.09. The Balaban J connectivity index is 1.83. The SMILES string of the molecule is CC(C)COc1ccc(-c2nn(-c3ccccc3)cc2CNCCC(=O)O)cc1. The molecule has 2 N–H and O–H groups in total. The molecule has 0 saturated carbocycles. The van der Waals surface area contributed by atoms with Gasteiger partial charge in [0.1, 0.15) is 5.75 Å². The molecule has 2 aromatic carbocycles. The summed E-state index contributed by atoms with van der Waals surface area (Å²) in [5, 5.41) is 16.8. The predicted molar refractivity (Wildman–Crippen MR) is 113 cm³/mol. The smallest absolute Gasteiger partial charge is 0.304 e. The van der Waals surface area contributed by atoms with Gasteiger partial charge in [0, 0.05) is 30.4 Å². The second-order valence-electron chi connectivity index (χ2n) is 7.33. The van der Waals surface area contributed by atoms with Crippen LogP contribution in [0.3, 0.4) is 0 Å². The molecular weight excluding hydrogens is 366 g/mol. The number of aromatic nitrogens is 2. The van der Waals surface area contributed by atoms with Gasteiger partial charge in [-0.1, -0.05) is 32.0 Å². The number of ether oxygens (including phenoxy) is 1. The number of carboxylic acids is 1. The molecule has 3 rings (SSSR count). The van der Waals surface area contributed by atoms with Crippen molar-refractivity contribution in [1.82, 2.24) is 15.1 Å². The van der Waals surface area contributed by atoms with Crippen LogP contribution in [0.1, 0.15) is 25.8 Å². The third-order valence-corrected chi connectivity index (χ3v) is 4.35. The first kappa shape index (κ1) is 20.6. The van der Waals surface area contributed by atoms with E-state index in [1.807, 2.05) is 65.5 Å². The minimum atomic E-state index is -0.810. The van der Waals surface area contributed by atoms with E-state index in [0.717, 1.165) is 28.3 Å². The second kappa shape index (κ2) is 9.89. The molecule has 0 spiro atoms. The largest absolute Gasteiger partial charge is 0.493 e. The molecule has 0 unspecified atom stereocenters. The van der Waals surface area contributed by atoms with E-state index < -0.39 is 5.97 Å². The van der Waals surface area contributed by atoms with Crippen LogP contribution in [-0.2, 0) is 11.3 Å². The molecule has 6 nitrogen and oxygen atoms in total. The van der Waals surface area contributed by atoms with Crippen molar-refractivity contribution in [3.8, 4) is 22.7 Å². The fourth-order valence-corrected chi connectivity index (χ4v) is 2.89. The van der Waals surface area contributed by atoms with Gasteiger partial charge in [-0.15, -0.1) is 0 Å². The van der Waals surface area contributed by atoms with Gasteiger partial charge in [0.2, 0.25) is 0 Å². The van der Waals surface area contributed by atoms with Crippen molar-refractivity contribution in [3.05, 3.63) is 66.4 Å². The molecule has 0 fully saturated rings. The molecule has 152 valence electrons. The molecule has 1 aromatic heterocycles. The van der Waals surface area contributed by atoms with Gasteiger partial charge in [-0.05, 0) is 42.3 Å². The highest BCUT2D eigenvalue weighted by molar-refractivity contribution is 5.67. The second-order valence-corrected chi connectivity index (χ2v) is 7.33. The summed E-state index contributed by atoms with van der Waals surface area (Å²) < 4.78 is 7.63. The van der Waals surface area contributed by atoms with Gasteiger partial charge < -0.3 is 15.2 Å². The van der Waals surface area contributed by atoms with Crippen LogP contribution in [0.4, 0.5) is 0 Å². The van der Waals surface area contributed by atoms with Crippen LogP contribution in [0.2, 0.25) is 0 Å². The third kappa shape index (κ3) is 5.93. The average Bonchev–Trinajstić information content (AvgIpc) is 3.15. The molecule has 0 aliphatic carbocycles. The first-order valence-electron chi connectivity index (χ1n) is 9.82. The first-order valence-corrected chi connectivity index (χ1v) is 9.82. The van der Waals surface area contributed by atoms with Crippen LogP contribution in [0.5, 0.6) is 5.75 Å². The number of hydrogen-bond donors (Lipinski definition) is 2. The summed E-state index contributed by atoms with van der Waals surface area (Å²) in [6, 6.07) is 17.9. The van der Waals surface area contributed by atoms with Crippen molar-refractivity contribution < 1.29 is 14.6 Å². The molecular formula is C23H27N3O3. The van der Waals surface area contributed by atoms with Crippen LogP contribution >= 0.6 is 0 Å². The maximum absolute atomic E-state index is 10.7. The van der Waals surface area contributed by atoms with Crippen molar-refractivity contribution in [1.29, 1.82) is 0 Å². The summed E-state index contributed by atoms with van der Waals surface area (Å²) in [5.41, 5.74) is 3.84. The highest BCUT2D eigenvalue weighted by atomic mass is 16.5. The Morgan fingerprint density at radius 3 is 2.52 bits per heavy atom. The lowest BCUT2D eigenvalue weighted by Crippen LogP contribution is -2.17. The topological polar surface area (TPSA) is 76.4 Å². The summed E-state index contributed by atoms with van der Waals surface area (Å²) in [4.78, 5) is 10.7. The number of para-hydroxylation sites is 1. The Bertz CT molecular complexity index is 918. The quantitative estimate of drug-likeness (QED) is 0.506. The summed E-state index contributed by atoms with van der Waals surface area (Å²) in [7, 11) is 0. The monoisotopic (exact) mass is 393 g/mol. The number of carbonyl (C=O) groups is 1. The van der Waals surface area contributed by atoms with E-state index >= 15 is 0 Å². The van der Waals surface area contributed by atoms with Gasteiger partial charge in [0.15, 0.2) is 0 Å². The number of rotatable bonds is 10. The van der Waals surface area contributed by atoms with Crippen molar-refractivity contribution in [2.45, 2.75) is 26.8 Å². The van der Waals surface area contributed by atoms with E-state index in [4.69, 9.17) is 14.9 Å². The van der Waals surface area contributed by atoms with Crippen LogP contribution in [0.15, 0.2) is 60.8 Å². The maximum atomic E-state index is 10.7. The molecule has 0 bridgehead atoms. The molecule has 0 aliphatic rings. The normalized spacial score (nSPS) is 11.0. The van der Waals surface area contributed by atoms with E-state index in [-0.39, 0.29) is 6.42 Å². The Morgan fingerprint density at radius 2 is 1.86 bits per heavy atom. The number of nitrogens with zero attached hydrogens (tertiary/aromatic N) is 2. The minimum absolute atomic E-state index is 0.0873. The van der Waals surface area contributed by atoms with E-state index in [1.54, 1.807) is 0 Å². The Kier molecular flexibility index (Phi) is 7.03. The number of hydrogen-bond acceptors (Lipinski definition) is 4. The summed E-state index contributed by atoms with van der Waals surface area (Å²) >= 11 is 0. The molecule has 0 saturated heterocycles. The molecule has 0 aliphatic heterocycles. The van der Waals surface area contributed by atoms with Crippen LogP contribution in [0.25, 0.3) is 16.9 Å². The van der Waals surface area contributed by atoms with Crippen molar-refractivity contribution in [2.75, 3.05) is 13.2 Å². The summed E-state index contributed by atoms with van der Waals surface area (Å²) in [6.45, 7) is 5.87. The highest BCUT2D eigenvalue weighted by Crippen LogP contribution is 2.26. The molecule has 29 heavy (non-hydrogen) atoms. The molecule has 1 heterocycles. The van der Waals surface area contributed by atoms with Gasteiger partial charge >= 0.3 is 5.97 Å². The number of benzene rings is 2. The van der Waals surface area contributed by atoms with E-state index in [1.165, 1.54) is 0 Å². The minimum Gasteiger partial charge on any atom is -0.493 e. The van der Waals surface area contributed by atoms with Gasteiger partial charge in [-0.3, -0.25) is 4.79 Å². The summed E-state index contributed by atoms with van der Waals surface area (Å²) in [6.07, 6.45) is 2.08. The third-order valence-electron chi connectivity index (χ3n) is 4.35. The fourth-order valence-electron chi connectivity index (χ4n) is 2.89. The number of aliphatic carboxylic acids is 1. The fraction of sp³-hybridized carbons (Fsp3) is 0.304. The van der Waals surface area contributed by atoms with Crippen LogP contribution in [-0.4, -0.2) is 34.0 Å².